The summed E-state index contributed by atoms with van der Waals surface area (Å²) < 4.78 is 0. The van der Waals surface area contributed by atoms with Gasteiger partial charge in [-0.1, -0.05) is 42.5 Å². The number of amides is 2. The average Bonchev–Trinajstić information content (AvgIpc) is 3.22. The molecule has 0 aromatic heterocycles. The van der Waals surface area contributed by atoms with Gasteiger partial charge in [-0.2, -0.15) is 0 Å². The molecule has 2 aliphatic heterocycles. The van der Waals surface area contributed by atoms with Crippen molar-refractivity contribution in [3.8, 4) is 0 Å². The minimum atomic E-state index is -0.451. The van der Waals surface area contributed by atoms with Crippen LogP contribution in [0.15, 0.2) is 48.5 Å². The highest BCUT2D eigenvalue weighted by Crippen LogP contribution is 2.45. The highest BCUT2D eigenvalue weighted by molar-refractivity contribution is 6.06. The van der Waals surface area contributed by atoms with Gasteiger partial charge in [0, 0.05) is 25.2 Å². The van der Waals surface area contributed by atoms with Gasteiger partial charge in [-0.15, -0.1) is 0 Å². The van der Waals surface area contributed by atoms with Crippen molar-refractivity contribution in [2.75, 3.05) is 18.4 Å². The fourth-order valence-electron chi connectivity index (χ4n) is 5.21. The first-order valence-corrected chi connectivity index (χ1v) is 9.94. The van der Waals surface area contributed by atoms with Crippen molar-refractivity contribution in [1.29, 1.82) is 0 Å². The summed E-state index contributed by atoms with van der Waals surface area (Å²) in [5, 5.41) is 3.03. The van der Waals surface area contributed by atoms with Gasteiger partial charge in [0.15, 0.2) is 0 Å². The number of nitrogens with one attached hydrogen (secondary N) is 1. The number of likely N-dealkylation sites (tertiary alicyclic amines) is 1. The van der Waals surface area contributed by atoms with Crippen LogP contribution in [0.3, 0.4) is 0 Å². The van der Waals surface area contributed by atoms with E-state index in [2.05, 4.69) is 35.6 Å². The van der Waals surface area contributed by atoms with E-state index >= 15 is 0 Å². The zero-order valence-electron chi connectivity index (χ0n) is 15.4. The smallest absolute Gasteiger partial charge is 0.235 e. The average molecular weight is 360 g/mol. The van der Waals surface area contributed by atoms with Crippen LogP contribution < -0.4 is 5.32 Å². The minimum absolute atomic E-state index is 0.0977. The third-order valence-corrected chi connectivity index (χ3v) is 6.77. The summed E-state index contributed by atoms with van der Waals surface area (Å²) in [4.78, 5) is 27.6. The molecule has 27 heavy (non-hydrogen) atoms. The van der Waals surface area contributed by atoms with E-state index in [1.54, 1.807) is 0 Å². The maximum absolute atomic E-state index is 12.9. The Labute approximate surface area is 159 Å². The summed E-state index contributed by atoms with van der Waals surface area (Å²) in [5.41, 5.74) is 4.33. The van der Waals surface area contributed by atoms with E-state index in [1.165, 1.54) is 11.1 Å². The van der Waals surface area contributed by atoms with Crippen LogP contribution in [0.4, 0.5) is 5.69 Å². The number of hydrogen-bond acceptors (Lipinski definition) is 2. The number of fused-ring (bicyclic) bond motifs is 3. The molecular weight excluding hydrogens is 336 g/mol. The van der Waals surface area contributed by atoms with Crippen molar-refractivity contribution in [3.63, 3.8) is 0 Å². The summed E-state index contributed by atoms with van der Waals surface area (Å²) in [7, 11) is 0. The molecule has 4 nitrogen and oxygen atoms in total. The highest BCUT2D eigenvalue weighted by atomic mass is 16.2. The minimum Gasteiger partial charge on any atom is -0.343 e. The van der Waals surface area contributed by atoms with Gasteiger partial charge in [-0.05, 0) is 54.4 Å². The molecule has 3 aliphatic rings. The van der Waals surface area contributed by atoms with Gasteiger partial charge in [0.25, 0.3) is 0 Å². The number of nitrogens with zero attached hydrogens (tertiary/aromatic N) is 1. The molecule has 2 heterocycles. The number of anilines is 1. The largest absolute Gasteiger partial charge is 0.343 e. The number of carbonyl (C=O) groups is 2. The lowest BCUT2D eigenvalue weighted by molar-refractivity contribution is -0.135. The van der Waals surface area contributed by atoms with Crippen molar-refractivity contribution >= 4 is 17.5 Å². The fraction of sp³-hybridized carbons (Fsp3) is 0.391. The highest BCUT2D eigenvalue weighted by Gasteiger charge is 2.48. The monoisotopic (exact) mass is 360 g/mol. The number of hydrogen-bond donors (Lipinski definition) is 1. The Kier molecular flexibility index (Phi) is 3.81. The number of para-hydroxylation sites is 1. The topological polar surface area (TPSA) is 49.4 Å². The van der Waals surface area contributed by atoms with Crippen LogP contribution in [-0.2, 0) is 21.4 Å². The maximum atomic E-state index is 12.9. The number of piperidine rings is 1. The predicted octanol–water partition coefficient (Wildman–Crippen LogP) is 3.62. The first-order valence-electron chi connectivity index (χ1n) is 9.94. The van der Waals surface area contributed by atoms with Crippen molar-refractivity contribution < 1.29 is 9.59 Å². The normalized spacial score (nSPS) is 22.4. The van der Waals surface area contributed by atoms with Crippen LogP contribution in [0, 0.1) is 0 Å². The van der Waals surface area contributed by atoms with Crippen LogP contribution in [-0.4, -0.2) is 29.8 Å². The standard InChI is InChI=1S/C23H24N2O2/c26-21(15-17-10-9-16-5-1-2-6-18(16)17)25-13-11-23(12-14-25)19-7-3-4-8-20(19)24-22(23)27/h1-8,17H,9-15H2,(H,24,27)/t17-/m1/s1. The van der Waals surface area contributed by atoms with Crippen LogP contribution in [0.5, 0.6) is 0 Å². The predicted molar refractivity (Wildman–Crippen MR) is 105 cm³/mol. The Morgan fingerprint density at radius 3 is 2.67 bits per heavy atom. The quantitative estimate of drug-likeness (QED) is 0.889. The Morgan fingerprint density at radius 1 is 1.07 bits per heavy atom. The van der Waals surface area contributed by atoms with Crippen LogP contribution in [0.1, 0.15) is 48.3 Å². The van der Waals surface area contributed by atoms with E-state index in [0.717, 1.165) is 24.1 Å². The molecule has 1 aliphatic carbocycles. The van der Waals surface area contributed by atoms with E-state index in [0.29, 0.717) is 38.3 Å². The van der Waals surface area contributed by atoms with Gasteiger partial charge < -0.3 is 10.2 Å². The molecule has 2 amide bonds. The molecule has 1 saturated heterocycles. The molecule has 0 saturated carbocycles. The van der Waals surface area contributed by atoms with Crippen LogP contribution in [0.2, 0.25) is 0 Å². The molecule has 4 heteroatoms. The Balaban J connectivity index is 1.28. The third kappa shape index (κ3) is 2.58. The van der Waals surface area contributed by atoms with Crippen molar-refractivity contribution in [3.05, 3.63) is 65.2 Å². The number of carbonyl (C=O) groups excluding carboxylic acids is 2. The lowest BCUT2D eigenvalue weighted by atomic mass is 9.73. The second-order valence-corrected chi connectivity index (χ2v) is 8.10. The molecule has 1 spiro atoms. The summed E-state index contributed by atoms with van der Waals surface area (Å²) in [5.74, 6) is 0.679. The molecule has 2 aromatic rings. The number of rotatable bonds is 2. The summed E-state index contributed by atoms with van der Waals surface area (Å²) in [6.07, 6.45) is 4.16. The van der Waals surface area contributed by atoms with Crippen LogP contribution >= 0.6 is 0 Å². The first-order chi connectivity index (χ1) is 13.2. The Bertz CT molecular complexity index is 912. The Morgan fingerprint density at radius 2 is 1.81 bits per heavy atom. The summed E-state index contributed by atoms with van der Waals surface area (Å²) >= 11 is 0. The Hall–Kier alpha value is -2.62. The second-order valence-electron chi connectivity index (χ2n) is 8.10. The van der Waals surface area contributed by atoms with Gasteiger partial charge >= 0.3 is 0 Å². The zero-order valence-corrected chi connectivity index (χ0v) is 15.4. The number of benzene rings is 2. The van der Waals surface area contributed by atoms with Gasteiger partial charge in [0.1, 0.15) is 0 Å². The van der Waals surface area contributed by atoms with Crippen LogP contribution in [0.25, 0.3) is 0 Å². The molecule has 0 bridgehead atoms. The second kappa shape index (κ2) is 6.22. The van der Waals surface area contributed by atoms with Crippen molar-refractivity contribution in [1.82, 2.24) is 4.90 Å². The molecule has 0 radical (unpaired) electrons. The van der Waals surface area contributed by atoms with Gasteiger partial charge in [-0.25, -0.2) is 0 Å². The SMILES string of the molecule is O=C(C[C@H]1CCc2ccccc21)N1CCC2(CC1)C(=O)Nc1ccccc12. The molecule has 5 rings (SSSR count). The van der Waals surface area contributed by atoms with Gasteiger partial charge in [0.05, 0.1) is 5.41 Å². The molecule has 1 atom stereocenters. The maximum Gasteiger partial charge on any atom is 0.235 e. The van der Waals surface area contributed by atoms with Gasteiger partial charge in [-0.3, -0.25) is 9.59 Å². The lowest BCUT2D eigenvalue weighted by Crippen LogP contribution is -2.48. The molecule has 2 aromatic carbocycles. The van der Waals surface area contributed by atoms with E-state index in [-0.39, 0.29) is 11.8 Å². The van der Waals surface area contributed by atoms with E-state index < -0.39 is 5.41 Å². The zero-order chi connectivity index (χ0) is 18.4. The third-order valence-electron chi connectivity index (χ3n) is 6.77. The molecule has 1 N–H and O–H groups in total. The first kappa shape index (κ1) is 16.5. The van der Waals surface area contributed by atoms with Gasteiger partial charge in [0.2, 0.25) is 11.8 Å². The number of aryl methyl sites for hydroxylation is 1. The molecule has 138 valence electrons. The van der Waals surface area contributed by atoms with E-state index in [4.69, 9.17) is 0 Å². The molecule has 1 fully saturated rings. The van der Waals surface area contributed by atoms with E-state index in [9.17, 15) is 9.59 Å². The summed E-state index contributed by atoms with van der Waals surface area (Å²) in [6.45, 7) is 1.32. The summed E-state index contributed by atoms with van der Waals surface area (Å²) in [6, 6.07) is 16.5. The van der Waals surface area contributed by atoms with Crippen molar-refractivity contribution in [2.45, 2.75) is 43.4 Å². The van der Waals surface area contributed by atoms with E-state index in [1.807, 2.05) is 23.1 Å². The fourth-order valence-corrected chi connectivity index (χ4v) is 5.21. The van der Waals surface area contributed by atoms with Crippen molar-refractivity contribution in [2.24, 2.45) is 0 Å². The molecule has 0 unspecified atom stereocenters. The molecular formula is C23H24N2O2. The lowest BCUT2D eigenvalue weighted by Gasteiger charge is -2.38.